The lowest BCUT2D eigenvalue weighted by Crippen LogP contribution is -2.27. The van der Waals surface area contributed by atoms with Gasteiger partial charge >= 0.3 is 0 Å². The molecule has 0 radical (unpaired) electrons. The van der Waals surface area contributed by atoms with E-state index in [0.717, 1.165) is 31.8 Å². The van der Waals surface area contributed by atoms with Gasteiger partial charge in [-0.25, -0.2) is 4.98 Å². The van der Waals surface area contributed by atoms with Gasteiger partial charge in [0.25, 0.3) is 0 Å². The van der Waals surface area contributed by atoms with Crippen LogP contribution in [0.4, 0.5) is 5.82 Å². The number of aryl methyl sites for hydroxylation is 1. The van der Waals surface area contributed by atoms with Crippen molar-refractivity contribution in [3.8, 4) is 22.4 Å². The number of anilines is 1. The molecule has 0 amide bonds. The van der Waals surface area contributed by atoms with Gasteiger partial charge in [-0.15, -0.1) is 22.7 Å². The van der Waals surface area contributed by atoms with Crippen LogP contribution < -0.4 is 5.32 Å². The zero-order valence-corrected chi connectivity index (χ0v) is 17.5. The molecule has 0 spiro atoms. The number of aromatic nitrogens is 2. The van der Waals surface area contributed by atoms with Crippen molar-refractivity contribution in [1.82, 2.24) is 9.38 Å². The number of benzene rings is 1. The molecule has 0 unspecified atom stereocenters. The van der Waals surface area contributed by atoms with Gasteiger partial charge in [0.15, 0.2) is 4.96 Å². The van der Waals surface area contributed by atoms with Gasteiger partial charge in [0.05, 0.1) is 9.75 Å². The lowest BCUT2D eigenvalue weighted by atomic mass is 10.1. The molecule has 4 rings (SSSR count). The Balaban J connectivity index is 1.74. The van der Waals surface area contributed by atoms with Crippen LogP contribution in [0.5, 0.6) is 0 Å². The van der Waals surface area contributed by atoms with Gasteiger partial charge in [-0.2, -0.15) is 0 Å². The van der Waals surface area contributed by atoms with Crippen molar-refractivity contribution in [2.24, 2.45) is 0 Å². The summed E-state index contributed by atoms with van der Waals surface area (Å²) in [6.07, 6.45) is 0. The summed E-state index contributed by atoms with van der Waals surface area (Å²) in [7, 11) is 0. The van der Waals surface area contributed by atoms with E-state index in [0.29, 0.717) is 0 Å². The van der Waals surface area contributed by atoms with E-state index in [9.17, 15) is 0 Å². The molecular weight excluding hydrogens is 370 g/mol. The van der Waals surface area contributed by atoms with Gasteiger partial charge in [-0.05, 0) is 52.0 Å². The first-order valence-corrected chi connectivity index (χ1v) is 10.5. The van der Waals surface area contributed by atoms with Gasteiger partial charge in [0, 0.05) is 22.2 Å². The number of nitrogens with zero attached hydrogens (tertiary/aromatic N) is 2. The average molecular weight is 392 g/mol. The fourth-order valence-electron chi connectivity index (χ4n) is 2.83. The van der Waals surface area contributed by atoms with Crippen molar-refractivity contribution >= 4 is 33.5 Å². The van der Waals surface area contributed by atoms with Crippen molar-refractivity contribution in [3.63, 3.8) is 0 Å². The van der Waals surface area contributed by atoms with Crippen molar-refractivity contribution in [3.05, 3.63) is 64.0 Å². The Morgan fingerprint density at radius 2 is 1.81 bits per heavy atom. The SMILES string of the molecule is Cc1csc2nc(-c3ccc(C#Cc4ccccc4)s3)c(NC(C)(C)C)n12. The molecule has 0 aliphatic heterocycles. The Morgan fingerprint density at radius 1 is 1.04 bits per heavy atom. The van der Waals surface area contributed by atoms with Crippen LogP contribution in [0.1, 0.15) is 36.9 Å². The van der Waals surface area contributed by atoms with Gasteiger partial charge in [0.2, 0.25) is 0 Å². The van der Waals surface area contributed by atoms with Crippen molar-refractivity contribution in [2.75, 3.05) is 5.32 Å². The zero-order valence-electron chi connectivity index (χ0n) is 15.8. The Labute approximate surface area is 167 Å². The minimum atomic E-state index is -0.0493. The first kappa shape index (κ1) is 17.8. The number of thiophene rings is 1. The minimum Gasteiger partial charge on any atom is -0.365 e. The van der Waals surface area contributed by atoms with Gasteiger partial charge in [0.1, 0.15) is 11.5 Å². The second-order valence-electron chi connectivity index (χ2n) is 7.46. The van der Waals surface area contributed by atoms with E-state index in [1.54, 1.807) is 22.7 Å². The highest BCUT2D eigenvalue weighted by atomic mass is 32.1. The fourth-order valence-corrected chi connectivity index (χ4v) is 4.54. The fraction of sp³-hybridized carbons (Fsp3) is 0.227. The highest BCUT2D eigenvalue weighted by Gasteiger charge is 2.22. The van der Waals surface area contributed by atoms with E-state index in [2.05, 4.69) is 66.8 Å². The molecule has 0 bridgehead atoms. The molecule has 3 heterocycles. The maximum absolute atomic E-state index is 4.90. The third-order valence-electron chi connectivity index (χ3n) is 3.97. The third-order valence-corrected chi connectivity index (χ3v) is 5.92. The predicted octanol–water partition coefficient (Wildman–Crippen LogP) is 6.04. The molecule has 0 saturated heterocycles. The Hall–Kier alpha value is -2.55. The van der Waals surface area contributed by atoms with E-state index >= 15 is 0 Å². The predicted molar refractivity (Wildman–Crippen MR) is 117 cm³/mol. The monoisotopic (exact) mass is 391 g/mol. The topological polar surface area (TPSA) is 29.3 Å². The lowest BCUT2D eigenvalue weighted by molar-refractivity contribution is 0.629. The standard InChI is InChI=1S/C22H21N3S2/c1-15-14-26-21-23-19(20(25(15)21)24-22(2,3)4)18-13-12-17(27-18)11-10-16-8-6-5-7-9-16/h5-9,12-14,24H,1-4H3. The maximum Gasteiger partial charge on any atom is 0.196 e. The molecule has 1 aromatic carbocycles. The molecular formula is C22H21N3S2. The smallest absolute Gasteiger partial charge is 0.196 e. The largest absolute Gasteiger partial charge is 0.365 e. The molecule has 0 atom stereocenters. The summed E-state index contributed by atoms with van der Waals surface area (Å²) in [4.78, 5) is 8.09. The highest BCUT2D eigenvalue weighted by molar-refractivity contribution is 7.16. The maximum atomic E-state index is 4.90. The van der Waals surface area contributed by atoms with Gasteiger partial charge < -0.3 is 5.32 Å². The van der Waals surface area contributed by atoms with Crippen LogP contribution in [0.15, 0.2) is 47.8 Å². The van der Waals surface area contributed by atoms with E-state index in [4.69, 9.17) is 4.98 Å². The average Bonchev–Trinajstić information content (AvgIpc) is 3.30. The summed E-state index contributed by atoms with van der Waals surface area (Å²) in [6, 6.07) is 14.3. The summed E-state index contributed by atoms with van der Waals surface area (Å²) in [6.45, 7) is 8.63. The molecule has 4 aromatic rings. The molecule has 0 fully saturated rings. The lowest BCUT2D eigenvalue weighted by Gasteiger charge is -2.22. The molecule has 3 nitrogen and oxygen atoms in total. The molecule has 0 aliphatic rings. The highest BCUT2D eigenvalue weighted by Crippen LogP contribution is 2.37. The summed E-state index contributed by atoms with van der Waals surface area (Å²) in [5.74, 6) is 7.56. The number of imidazole rings is 1. The third kappa shape index (κ3) is 3.78. The van der Waals surface area contributed by atoms with Gasteiger partial charge in [-0.1, -0.05) is 30.0 Å². The van der Waals surface area contributed by atoms with Crippen molar-refractivity contribution in [2.45, 2.75) is 33.2 Å². The van der Waals surface area contributed by atoms with Crippen LogP contribution >= 0.6 is 22.7 Å². The molecule has 1 N–H and O–H groups in total. The molecule has 136 valence electrons. The number of fused-ring (bicyclic) bond motifs is 1. The van der Waals surface area contributed by atoms with E-state index in [1.165, 1.54) is 5.69 Å². The number of hydrogen-bond acceptors (Lipinski definition) is 4. The summed E-state index contributed by atoms with van der Waals surface area (Å²) < 4.78 is 2.21. The second kappa shape index (κ2) is 6.88. The van der Waals surface area contributed by atoms with Gasteiger partial charge in [-0.3, -0.25) is 4.40 Å². The molecule has 0 aliphatic carbocycles. The normalized spacial score (nSPS) is 11.4. The zero-order chi connectivity index (χ0) is 19.0. The molecule has 27 heavy (non-hydrogen) atoms. The number of thiazole rings is 1. The van der Waals surface area contributed by atoms with Crippen LogP contribution in [0.3, 0.4) is 0 Å². The van der Waals surface area contributed by atoms with Crippen LogP contribution in [0, 0.1) is 18.8 Å². The second-order valence-corrected chi connectivity index (χ2v) is 9.38. The van der Waals surface area contributed by atoms with E-state index in [1.807, 2.05) is 30.3 Å². The number of rotatable bonds is 2. The van der Waals surface area contributed by atoms with E-state index < -0.39 is 0 Å². The molecule has 3 aromatic heterocycles. The van der Waals surface area contributed by atoms with Crippen LogP contribution in [-0.2, 0) is 0 Å². The molecule has 0 saturated carbocycles. The Morgan fingerprint density at radius 3 is 2.56 bits per heavy atom. The first-order chi connectivity index (χ1) is 12.9. The number of hydrogen-bond donors (Lipinski definition) is 1. The van der Waals surface area contributed by atoms with Crippen LogP contribution in [-0.4, -0.2) is 14.9 Å². The van der Waals surface area contributed by atoms with Crippen molar-refractivity contribution < 1.29 is 0 Å². The Bertz CT molecular complexity index is 1150. The summed E-state index contributed by atoms with van der Waals surface area (Å²) in [5, 5.41) is 5.79. The van der Waals surface area contributed by atoms with Crippen molar-refractivity contribution in [1.29, 1.82) is 0 Å². The van der Waals surface area contributed by atoms with E-state index in [-0.39, 0.29) is 5.54 Å². The first-order valence-electron chi connectivity index (χ1n) is 8.83. The number of nitrogens with one attached hydrogen (secondary N) is 1. The van der Waals surface area contributed by atoms with Crippen LogP contribution in [0.2, 0.25) is 0 Å². The molecule has 5 heteroatoms. The summed E-state index contributed by atoms with van der Waals surface area (Å²) in [5.41, 5.74) is 3.17. The summed E-state index contributed by atoms with van der Waals surface area (Å²) >= 11 is 3.36. The Kier molecular flexibility index (Phi) is 4.55. The minimum absolute atomic E-state index is 0.0493. The quantitative estimate of drug-likeness (QED) is 0.422. The van der Waals surface area contributed by atoms with Crippen LogP contribution in [0.25, 0.3) is 15.5 Å².